The third-order valence-electron chi connectivity index (χ3n) is 6.69. The summed E-state index contributed by atoms with van der Waals surface area (Å²) in [4.78, 5) is 44.8. The van der Waals surface area contributed by atoms with Gasteiger partial charge in [0.2, 0.25) is 5.91 Å². The number of amides is 3. The van der Waals surface area contributed by atoms with E-state index in [4.69, 9.17) is 15.1 Å². The number of carboxylic acid groups (broad SMARTS) is 1. The molecule has 1 aliphatic heterocycles. The largest absolute Gasteiger partial charge is 0.487 e. The second-order valence-corrected chi connectivity index (χ2v) is 9.97. The second-order valence-electron chi connectivity index (χ2n) is 9.13. The molecule has 0 unspecified atom stereocenters. The highest BCUT2D eigenvalue weighted by Gasteiger charge is 2.40. The third kappa shape index (κ3) is 6.48. The molecule has 1 saturated heterocycles. The van der Waals surface area contributed by atoms with E-state index >= 15 is 0 Å². The molecule has 0 atom stereocenters. The summed E-state index contributed by atoms with van der Waals surface area (Å²) in [7, 11) is 0. The molecule has 2 aliphatic rings. The summed E-state index contributed by atoms with van der Waals surface area (Å²) in [6.07, 6.45) is 2.88. The molecular formula is C25H30N6O5S. The van der Waals surface area contributed by atoms with E-state index in [-0.39, 0.29) is 25.0 Å². The molecule has 37 heavy (non-hydrogen) atoms. The van der Waals surface area contributed by atoms with Crippen molar-refractivity contribution in [3.8, 4) is 11.8 Å². The van der Waals surface area contributed by atoms with Gasteiger partial charge < -0.3 is 30.3 Å². The van der Waals surface area contributed by atoms with Gasteiger partial charge in [0.25, 0.3) is 5.91 Å². The van der Waals surface area contributed by atoms with Gasteiger partial charge >= 0.3 is 6.09 Å². The number of nitriles is 1. The minimum atomic E-state index is -0.996. The SMILES string of the molecule is N#CCNC(=O)C1(NC(=O)c2ccc(OCc3csc(N4CCN(C(=O)O)CC4)n3)cc2)CCCCC1. The number of thiazole rings is 1. The van der Waals surface area contributed by atoms with Gasteiger partial charge in [0.15, 0.2) is 5.13 Å². The number of carbonyl (C=O) groups is 3. The number of hydrogen-bond acceptors (Lipinski definition) is 8. The summed E-state index contributed by atoms with van der Waals surface area (Å²) < 4.78 is 5.84. The van der Waals surface area contributed by atoms with Crippen LogP contribution in [0.15, 0.2) is 29.6 Å². The fraction of sp³-hybridized carbons (Fsp3) is 0.480. The van der Waals surface area contributed by atoms with Crippen LogP contribution in [0.2, 0.25) is 0 Å². The first kappa shape index (κ1) is 26.2. The molecule has 11 nitrogen and oxygen atoms in total. The maximum atomic E-state index is 13.0. The van der Waals surface area contributed by atoms with Gasteiger partial charge in [-0.2, -0.15) is 5.26 Å². The molecule has 12 heteroatoms. The zero-order chi connectivity index (χ0) is 26.3. The van der Waals surface area contributed by atoms with E-state index in [1.807, 2.05) is 11.4 Å². The van der Waals surface area contributed by atoms with Gasteiger partial charge in [-0.3, -0.25) is 9.59 Å². The lowest BCUT2D eigenvalue weighted by Crippen LogP contribution is -2.59. The Bertz CT molecular complexity index is 1150. The second kappa shape index (κ2) is 11.9. The summed E-state index contributed by atoms with van der Waals surface area (Å²) >= 11 is 1.50. The summed E-state index contributed by atoms with van der Waals surface area (Å²) in [5, 5.41) is 26.2. The van der Waals surface area contributed by atoms with Crippen LogP contribution in [0.5, 0.6) is 5.75 Å². The highest BCUT2D eigenvalue weighted by atomic mass is 32.1. The number of aromatic nitrogens is 1. The molecule has 1 saturated carbocycles. The highest BCUT2D eigenvalue weighted by molar-refractivity contribution is 7.13. The smallest absolute Gasteiger partial charge is 0.407 e. The fourth-order valence-electron chi connectivity index (χ4n) is 4.60. The Morgan fingerprint density at radius 1 is 1.11 bits per heavy atom. The standard InChI is InChI=1S/C25H30N6O5S/c26-10-11-27-22(33)25(8-2-1-3-9-25)29-21(32)18-4-6-20(7-5-18)36-16-19-17-37-23(28-19)30-12-14-31(15-13-30)24(34)35/h4-7,17H,1-3,8-9,11-16H2,(H,27,33)(H,29,32)(H,34,35). The molecule has 0 bridgehead atoms. The van der Waals surface area contributed by atoms with Gasteiger partial charge in [0.05, 0.1) is 11.8 Å². The zero-order valence-corrected chi connectivity index (χ0v) is 21.3. The maximum Gasteiger partial charge on any atom is 0.407 e. The van der Waals surface area contributed by atoms with Gasteiger partial charge in [-0.25, -0.2) is 9.78 Å². The van der Waals surface area contributed by atoms with E-state index in [0.29, 0.717) is 50.3 Å². The number of nitrogens with one attached hydrogen (secondary N) is 2. The predicted octanol–water partition coefficient (Wildman–Crippen LogP) is 2.59. The average Bonchev–Trinajstić information content (AvgIpc) is 3.40. The Morgan fingerprint density at radius 3 is 2.46 bits per heavy atom. The number of rotatable bonds is 8. The molecule has 0 spiro atoms. The number of piperazine rings is 1. The molecule has 196 valence electrons. The lowest BCUT2D eigenvalue weighted by Gasteiger charge is -2.36. The van der Waals surface area contributed by atoms with Crippen LogP contribution >= 0.6 is 11.3 Å². The maximum absolute atomic E-state index is 13.0. The number of benzene rings is 1. The molecule has 2 fully saturated rings. The Balaban J connectivity index is 1.30. The minimum Gasteiger partial charge on any atom is -0.487 e. The zero-order valence-electron chi connectivity index (χ0n) is 20.4. The summed E-state index contributed by atoms with van der Waals surface area (Å²) in [6, 6.07) is 8.63. The molecule has 4 rings (SSSR count). The van der Waals surface area contributed by atoms with Crippen LogP contribution in [-0.4, -0.2) is 71.2 Å². The van der Waals surface area contributed by atoms with Crippen molar-refractivity contribution >= 4 is 34.4 Å². The van der Waals surface area contributed by atoms with Crippen molar-refractivity contribution in [1.82, 2.24) is 20.5 Å². The van der Waals surface area contributed by atoms with Crippen LogP contribution in [0.25, 0.3) is 0 Å². The molecule has 2 aromatic rings. The third-order valence-corrected chi connectivity index (χ3v) is 7.64. The number of carbonyl (C=O) groups excluding carboxylic acids is 2. The van der Waals surface area contributed by atoms with Gasteiger partial charge in [-0.05, 0) is 37.1 Å². The molecule has 3 amide bonds. The summed E-state index contributed by atoms with van der Waals surface area (Å²) in [5.74, 6) is -0.0681. The quantitative estimate of drug-likeness (QED) is 0.445. The van der Waals surface area contributed by atoms with Crippen molar-refractivity contribution in [2.75, 3.05) is 37.6 Å². The van der Waals surface area contributed by atoms with Crippen molar-refractivity contribution in [1.29, 1.82) is 5.26 Å². The number of nitrogens with zero attached hydrogens (tertiary/aromatic N) is 4. The first-order valence-electron chi connectivity index (χ1n) is 12.3. The van der Waals surface area contributed by atoms with E-state index in [2.05, 4.69) is 20.5 Å². The lowest BCUT2D eigenvalue weighted by atomic mass is 9.80. The average molecular weight is 527 g/mol. The number of anilines is 1. The molecule has 1 aromatic carbocycles. The van der Waals surface area contributed by atoms with Crippen LogP contribution < -0.4 is 20.3 Å². The topological polar surface area (TPSA) is 148 Å². The van der Waals surface area contributed by atoms with Crippen LogP contribution in [-0.2, 0) is 11.4 Å². The Hall–Kier alpha value is -3.85. The van der Waals surface area contributed by atoms with Gasteiger partial charge in [0, 0.05) is 37.1 Å². The Morgan fingerprint density at radius 2 is 1.81 bits per heavy atom. The normalized spacial score (nSPS) is 16.9. The summed E-state index contributed by atoms with van der Waals surface area (Å²) in [5.41, 5.74) is 0.191. The van der Waals surface area contributed by atoms with Crippen LogP contribution in [0, 0.1) is 11.3 Å². The monoisotopic (exact) mass is 526 g/mol. The van der Waals surface area contributed by atoms with Gasteiger partial charge in [-0.15, -0.1) is 11.3 Å². The highest BCUT2D eigenvalue weighted by Crippen LogP contribution is 2.29. The molecular weight excluding hydrogens is 496 g/mol. The van der Waals surface area contributed by atoms with E-state index in [1.165, 1.54) is 16.2 Å². The van der Waals surface area contributed by atoms with Crippen molar-refractivity contribution in [2.24, 2.45) is 0 Å². The lowest BCUT2D eigenvalue weighted by molar-refractivity contribution is -0.128. The first-order valence-corrected chi connectivity index (χ1v) is 13.2. The predicted molar refractivity (Wildman–Crippen MR) is 137 cm³/mol. The number of ether oxygens (including phenoxy) is 1. The van der Waals surface area contributed by atoms with Gasteiger partial charge in [0.1, 0.15) is 24.4 Å². The molecule has 3 N–H and O–H groups in total. The fourth-order valence-corrected chi connectivity index (χ4v) is 5.46. The van der Waals surface area contributed by atoms with Crippen LogP contribution in [0.4, 0.5) is 9.93 Å². The molecule has 1 aromatic heterocycles. The van der Waals surface area contributed by atoms with Crippen molar-refractivity contribution in [2.45, 2.75) is 44.2 Å². The summed E-state index contributed by atoms with van der Waals surface area (Å²) in [6.45, 7) is 2.28. The Kier molecular flexibility index (Phi) is 8.45. The van der Waals surface area contributed by atoms with E-state index in [9.17, 15) is 14.4 Å². The number of hydrogen-bond donors (Lipinski definition) is 3. The van der Waals surface area contributed by atoms with Crippen LogP contribution in [0.3, 0.4) is 0 Å². The minimum absolute atomic E-state index is 0.0929. The molecule has 1 aliphatic carbocycles. The van der Waals surface area contributed by atoms with Crippen molar-refractivity contribution in [3.05, 3.63) is 40.9 Å². The Labute approximate surface area is 219 Å². The first-order chi connectivity index (χ1) is 17.9. The van der Waals surface area contributed by atoms with Crippen molar-refractivity contribution in [3.63, 3.8) is 0 Å². The van der Waals surface area contributed by atoms with E-state index in [1.54, 1.807) is 24.3 Å². The molecule has 2 heterocycles. The van der Waals surface area contributed by atoms with E-state index in [0.717, 1.165) is 30.1 Å². The molecule has 0 radical (unpaired) electrons. The van der Waals surface area contributed by atoms with E-state index < -0.39 is 11.6 Å². The van der Waals surface area contributed by atoms with Crippen molar-refractivity contribution < 1.29 is 24.2 Å². The van der Waals surface area contributed by atoms with Crippen LogP contribution in [0.1, 0.15) is 48.2 Å². The van der Waals surface area contributed by atoms with Gasteiger partial charge in [-0.1, -0.05) is 19.3 Å².